The molecule has 8 heteroatoms. The smallest absolute Gasteiger partial charge is 0.229 e. The van der Waals surface area contributed by atoms with Crippen molar-refractivity contribution in [1.82, 2.24) is 24.0 Å². The van der Waals surface area contributed by atoms with Gasteiger partial charge in [-0.25, -0.2) is 9.97 Å². The van der Waals surface area contributed by atoms with Crippen LogP contribution in [-0.4, -0.2) is 55.3 Å². The number of aromatic nitrogens is 4. The molecule has 2 aromatic heterocycles. The van der Waals surface area contributed by atoms with E-state index in [1.54, 1.807) is 20.3 Å². The highest BCUT2D eigenvalue weighted by atomic mass is 16.5. The summed E-state index contributed by atoms with van der Waals surface area (Å²) in [6, 6.07) is 0. The minimum absolute atomic E-state index is 0.0829. The molecule has 0 bridgehead atoms. The van der Waals surface area contributed by atoms with Gasteiger partial charge >= 0.3 is 0 Å². The van der Waals surface area contributed by atoms with Crippen molar-refractivity contribution in [2.45, 2.75) is 69.8 Å². The molecule has 44 heavy (non-hydrogen) atoms. The Morgan fingerprint density at radius 1 is 1.27 bits per heavy atom. The summed E-state index contributed by atoms with van der Waals surface area (Å²) < 4.78 is 15.7. The van der Waals surface area contributed by atoms with Crippen LogP contribution in [0.3, 0.4) is 0 Å². The van der Waals surface area contributed by atoms with Gasteiger partial charge in [-0.15, -0.1) is 0 Å². The highest BCUT2D eigenvalue weighted by Gasteiger charge is 2.72. The number of carbonyl (C=O) groups is 1. The maximum Gasteiger partial charge on any atom is 0.229 e. The van der Waals surface area contributed by atoms with Crippen LogP contribution >= 0.6 is 0 Å². The van der Waals surface area contributed by atoms with E-state index in [1.807, 2.05) is 18.6 Å². The summed E-state index contributed by atoms with van der Waals surface area (Å²) in [5.74, 6) is 1.93. The van der Waals surface area contributed by atoms with Gasteiger partial charge in [0, 0.05) is 55.2 Å². The molecule has 2 fully saturated rings. The number of hydrogen-bond acceptors (Lipinski definition) is 5. The molecule has 4 atom stereocenters. The van der Waals surface area contributed by atoms with Gasteiger partial charge in [-0.3, -0.25) is 4.79 Å². The topological polar surface area (TPSA) is 74.4 Å². The van der Waals surface area contributed by atoms with E-state index in [9.17, 15) is 4.79 Å². The van der Waals surface area contributed by atoms with Crippen molar-refractivity contribution in [1.29, 1.82) is 0 Å². The average Bonchev–Trinajstić information content (AvgIpc) is 3.78. The van der Waals surface area contributed by atoms with Crippen molar-refractivity contribution in [2.24, 2.45) is 11.3 Å². The molecule has 3 heterocycles. The number of amides is 1. The zero-order valence-electron chi connectivity index (χ0n) is 26.0. The van der Waals surface area contributed by atoms with Crippen molar-refractivity contribution >= 4 is 11.5 Å². The molecule has 8 nitrogen and oxygen atoms in total. The molecule has 7 rings (SSSR count). The third kappa shape index (κ3) is 4.41. The first-order chi connectivity index (χ1) is 21.3. The number of carbonyl (C=O) groups excluding carboxylic acids is 1. The van der Waals surface area contributed by atoms with Crippen molar-refractivity contribution < 1.29 is 14.3 Å². The monoisotopic (exact) mass is 591 g/mol. The maximum absolute atomic E-state index is 14.5. The van der Waals surface area contributed by atoms with Crippen LogP contribution in [-0.2, 0) is 40.3 Å². The Kier molecular flexibility index (Phi) is 6.81. The molecule has 0 spiro atoms. The Bertz CT molecular complexity index is 1700. The zero-order valence-corrected chi connectivity index (χ0v) is 26.0. The first kappa shape index (κ1) is 28.6. The van der Waals surface area contributed by atoms with Crippen LogP contribution in [0.5, 0.6) is 0 Å². The van der Waals surface area contributed by atoms with Gasteiger partial charge in [-0.05, 0) is 44.3 Å². The van der Waals surface area contributed by atoms with Gasteiger partial charge in [0.1, 0.15) is 11.6 Å². The van der Waals surface area contributed by atoms with E-state index < -0.39 is 0 Å². The van der Waals surface area contributed by atoms with Crippen LogP contribution in [0, 0.1) is 11.3 Å². The Morgan fingerprint density at radius 2 is 2.14 bits per heavy atom. The second-order valence-electron chi connectivity index (χ2n) is 12.9. The minimum Gasteiger partial charge on any atom is -0.497 e. The van der Waals surface area contributed by atoms with E-state index in [1.165, 1.54) is 11.1 Å². The lowest BCUT2D eigenvalue weighted by molar-refractivity contribution is -0.134. The lowest BCUT2D eigenvalue weighted by Crippen LogP contribution is -2.44. The van der Waals surface area contributed by atoms with E-state index in [2.05, 4.69) is 81.8 Å². The Morgan fingerprint density at radius 3 is 2.93 bits per heavy atom. The molecule has 228 valence electrons. The van der Waals surface area contributed by atoms with Gasteiger partial charge in [0.25, 0.3) is 0 Å². The van der Waals surface area contributed by atoms with Gasteiger partial charge in [0.2, 0.25) is 5.91 Å². The molecular weight excluding hydrogens is 550 g/mol. The predicted molar refractivity (Wildman–Crippen MR) is 170 cm³/mol. The van der Waals surface area contributed by atoms with Crippen LogP contribution in [0.2, 0.25) is 0 Å². The number of hydrogen-bond donors (Lipinski definition) is 0. The van der Waals surface area contributed by atoms with Gasteiger partial charge in [0.05, 0.1) is 43.2 Å². The summed E-state index contributed by atoms with van der Waals surface area (Å²) in [5, 5.41) is 0. The lowest BCUT2D eigenvalue weighted by Gasteiger charge is -2.33. The van der Waals surface area contributed by atoms with Crippen LogP contribution < -0.4 is 0 Å². The molecule has 2 aromatic rings. The Balaban J connectivity index is 1.21. The molecule has 4 aliphatic carbocycles. The second-order valence-corrected chi connectivity index (χ2v) is 12.9. The highest BCUT2D eigenvalue weighted by Crippen LogP contribution is 2.68. The van der Waals surface area contributed by atoms with Crippen molar-refractivity contribution in [2.75, 3.05) is 14.2 Å². The molecule has 4 unspecified atom stereocenters. The number of methoxy groups -OCH3 is 2. The summed E-state index contributed by atoms with van der Waals surface area (Å²) in [6.45, 7) is 12.0. The fraction of sp³-hybridized carbons (Fsp3) is 0.417. The average molecular weight is 592 g/mol. The predicted octanol–water partition coefficient (Wildman–Crippen LogP) is 5.72. The molecule has 0 radical (unpaired) electrons. The molecule has 0 saturated heterocycles. The molecule has 1 aliphatic heterocycles. The third-order valence-corrected chi connectivity index (χ3v) is 10.6. The normalized spacial score (nSPS) is 29.9. The fourth-order valence-corrected chi connectivity index (χ4v) is 7.84. The van der Waals surface area contributed by atoms with Gasteiger partial charge in [0.15, 0.2) is 0 Å². The SMILES string of the molecule is C=C/C=C(\C(=C)OC)c1cn2c(n1)CN(C(=O)Cc1cncn1CC1=CC3(OC)CC3C=CC1)C13C=CCC=C(C)C1(C2)C3. The van der Waals surface area contributed by atoms with Crippen molar-refractivity contribution in [3.05, 3.63) is 115 Å². The first-order valence-electron chi connectivity index (χ1n) is 15.5. The molecule has 0 aromatic carbocycles. The largest absolute Gasteiger partial charge is 0.497 e. The second kappa shape index (κ2) is 10.5. The van der Waals surface area contributed by atoms with Crippen LogP contribution in [0.25, 0.3) is 5.57 Å². The molecule has 0 N–H and O–H groups in total. The standard InChI is InChI=1S/C36H41N5O3/c1-6-10-30(26(3)43-4)31-20-39-23-34-22-36(34,14-8-7-11-25(34)2)41(21-32(39)38-31)33(42)15-29-18-37-24-40(29)19-27-12-9-13-28-17-35(28,16-27)44-5/h6,8-11,13-14,16,18,20,24,28H,1,3,7,12,15,17,19,21-23H2,2,4-5H3/b30-10+. The summed E-state index contributed by atoms with van der Waals surface area (Å²) in [7, 11) is 3.40. The lowest BCUT2D eigenvalue weighted by atomic mass is 9.90. The van der Waals surface area contributed by atoms with Crippen LogP contribution in [0.1, 0.15) is 49.8 Å². The van der Waals surface area contributed by atoms with Crippen molar-refractivity contribution in [3.8, 4) is 0 Å². The quantitative estimate of drug-likeness (QED) is 0.212. The highest BCUT2D eigenvalue weighted by molar-refractivity contribution is 5.81. The van der Waals surface area contributed by atoms with Crippen LogP contribution in [0.15, 0.2) is 97.4 Å². The molecule has 5 aliphatic rings. The third-order valence-electron chi connectivity index (χ3n) is 10.6. The van der Waals surface area contributed by atoms with E-state index in [0.29, 0.717) is 24.8 Å². The Hall–Kier alpha value is -4.17. The van der Waals surface area contributed by atoms with E-state index in [0.717, 1.165) is 55.0 Å². The van der Waals surface area contributed by atoms with Crippen molar-refractivity contribution in [3.63, 3.8) is 0 Å². The number of imidazole rings is 2. The Labute approximate surface area is 259 Å². The summed E-state index contributed by atoms with van der Waals surface area (Å²) in [5.41, 5.74) is 4.36. The van der Waals surface area contributed by atoms with Gasteiger partial charge in [-0.1, -0.05) is 61.3 Å². The van der Waals surface area contributed by atoms with Crippen LogP contribution in [0.4, 0.5) is 0 Å². The zero-order chi connectivity index (χ0) is 30.7. The number of nitrogens with zero attached hydrogens (tertiary/aromatic N) is 5. The summed E-state index contributed by atoms with van der Waals surface area (Å²) >= 11 is 0. The van der Waals surface area contributed by atoms with E-state index in [4.69, 9.17) is 14.5 Å². The molecular formula is C36H41N5O3. The van der Waals surface area contributed by atoms with E-state index in [-0.39, 0.29) is 28.9 Å². The number of fused-ring (bicyclic) bond motifs is 2. The molecule has 2 saturated carbocycles. The minimum atomic E-state index is -0.372. The van der Waals surface area contributed by atoms with Gasteiger partial charge < -0.3 is 23.5 Å². The first-order valence-corrected chi connectivity index (χ1v) is 15.5. The maximum atomic E-state index is 14.5. The number of ether oxygens (including phenoxy) is 2. The van der Waals surface area contributed by atoms with Gasteiger partial charge in [-0.2, -0.15) is 0 Å². The number of rotatable bonds is 9. The van der Waals surface area contributed by atoms with E-state index >= 15 is 0 Å². The summed E-state index contributed by atoms with van der Waals surface area (Å²) in [4.78, 5) is 26.1. The fourth-order valence-electron chi connectivity index (χ4n) is 7.84. The molecule has 1 amide bonds. The number of allylic oxidation sites excluding steroid dienone is 7. The summed E-state index contributed by atoms with van der Waals surface area (Å²) in [6.07, 6.45) is 26.9.